The number of ether oxygens (including phenoxy) is 6. The van der Waals surface area contributed by atoms with Crippen molar-refractivity contribution in [3.63, 3.8) is 0 Å². The van der Waals surface area contributed by atoms with Crippen molar-refractivity contribution < 1.29 is 73.1 Å². The van der Waals surface area contributed by atoms with Gasteiger partial charge in [-0.1, -0.05) is 59.3 Å². The van der Waals surface area contributed by atoms with E-state index >= 15 is 0 Å². The van der Waals surface area contributed by atoms with Gasteiger partial charge in [-0.2, -0.15) is 0 Å². The minimum Gasteiger partial charge on any atom is -0.479 e. The first-order chi connectivity index (χ1) is 29.2. The molecule has 18 heteroatoms. The van der Waals surface area contributed by atoms with E-state index in [1.807, 2.05) is 41.5 Å². The molecule has 0 aromatic carbocycles. The van der Waals surface area contributed by atoms with Crippen LogP contribution in [0.5, 0.6) is 0 Å². The van der Waals surface area contributed by atoms with Crippen LogP contribution in [0, 0.1) is 23.2 Å². The summed E-state index contributed by atoms with van der Waals surface area (Å²) in [6, 6.07) is -1.19. The van der Waals surface area contributed by atoms with Gasteiger partial charge in [0.05, 0.1) is 30.5 Å². The molecule has 2 saturated heterocycles. The summed E-state index contributed by atoms with van der Waals surface area (Å²) >= 11 is 0. The van der Waals surface area contributed by atoms with Crippen LogP contribution in [0.1, 0.15) is 126 Å². The predicted molar refractivity (Wildman–Crippen MR) is 224 cm³/mol. The molecular weight excluding hydrogens is 810 g/mol. The highest BCUT2D eigenvalue weighted by Crippen LogP contribution is 2.39. The lowest BCUT2D eigenvalue weighted by Gasteiger charge is -2.48. The van der Waals surface area contributed by atoms with Crippen LogP contribution in [0.2, 0.25) is 0 Å². The Hall–Kier alpha value is -2.52. The van der Waals surface area contributed by atoms with E-state index in [9.17, 15) is 44.7 Å². The molecule has 0 spiro atoms. The number of carboxylic acids is 1. The van der Waals surface area contributed by atoms with Crippen LogP contribution >= 0.6 is 0 Å². The Morgan fingerprint density at radius 2 is 1.53 bits per heavy atom. The molecule has 0 aromatic heterocycles. The molecule has 15 unspecified atom stereocenters. The Bertz CT molecular complexity index is 1440. The van der Waals surface area contributed by atoms with E-state index in [1.54, 1.807) is 0 Å². The molecule has 4 rings (SSSR count). The average molecular weight is 888 g/mol. The van der Waals surface area contributed by atoms with Gasteiger partial charge >= 0.3 is 5.97 Å². The highest BCUT2D eigenvalue weighted by Gasteiger charge is 2.51. The van der Waals surface area contributed by atoms with Gasteiger partial charge in [-0.3, -0.25) is 14.4 Å². The third-order valence-electron chi connectivity index (χ3n) is 13.2. The fraction of sp³-hybridized carbons (Fsp3) is 0.909. The van der Waals surface area contributed by atoms with Crippen molar-refractivity contribution in [2.24, 2.45) is 23.2 Å². The van der Waals surface area contributed by atoms with Crippen LogP contribution in [0.15, 0.2) is 0 Å². The summed E-state index contributed by atoms with van der Waals surface area (Å²) in [6.45, 7) is 14.9. The van der Waals surface area contributed by atoms with Gasteiger partial charge in [0.2, 0.25) is 17.7 Å². The lowest BCUT2D eigenvalue weighted by molar-refractivity contribution is -0.332. The standard InChI is InChI=1S/C44H77N3O15/c1-9-27-21-28(38(53)45-17-18-46-42(56)44(8,10-2)16-19-58-43(5,6)7)22-30(36(27)62-41-35(52)34(51)33(50)24(3)59-41)61-40-32(47-25(4)48)37(29(49)23-57-40)60-31(39(54)55)20-26-14-12-11-13-15-26/h24,26-37,40-41,49-52H,9-23H2,1-8H3,(H,45,53)(H,46,56)(H,47,48)(H,54,55). The van der Waals surface area contributed by atoms with Crippen molar-refractivity contribution in [2.45, 2.75) is 205 Å². The molecule has 4 aliphatic rings. The number of aliphatic carboxylic acids is 1. The van der Waals surface area contributed by atoms with Gasteiger partial charge < -0.3 is 69.9 Å². The second-order valence-corrected chi connectivity index (χ2v) is 19.1. The SMILES string of the molecule is CCC1CC(C(=O)NCCNC(=O)C(C)(CC)CCOC(C)(C)C)CC(OC2OCC(O)C(OC(CC3CCCCC3)C(=O)O)C2NC(C)=O)C1OC1OC(C)C(O)C(O)C1O. The molecule has 2 aliphatic heterocycles. The number of hydrogen-bond acceptors (Lipinski definition) is 14. The van der Waals surface area contributed by atoms with Gasteiger partial charge in [0.25, 0.3) is 0 Å². The maximum Gasteiger partial charge on any atom is 0.332 e. The van der Waals surface area contributed by atoms with Crippen molar-refractivity contribution in [1.29, 1.82) is 0 Å². The largest absolute Gasteiger partial charge is 0.479 e. The van der Waals surface area contributed by atoms with Gasteiger partial charge in [0, 0.05) is 38.0 Å². The Morgan fingerprint density at radius 1 is 0.855 bits per heavy atom. The van der Waals surface area contributed by atoms with Gasteiger partial charge in [0.15, 0.2) is 18.7 Å². The van der Waals surface area contributed by atoms with Crippen LogP contribution in [-0.2, 0) is 47.6 Å². The molecule has 15 atom stereocenters. The summed E-state index contributed by atoms with van der Waals surface area (Å²) in [5.74, 6) is -3.02. The van der Waals surface area contributed by atoms with E-state index < -0.39 is 96.8 Å². The van der Waals surface area contributed by atoms with Crippen molar-refractivity contribution in [3.8, 4) is 0 Å². The Balaban J connectivity index is 1.53. The quantitative estimate of drug-likeness (QED) is 0.0813. The maximum atomic E-state index is 13.9. The first kappa shape index (κ1) is 52.1. The predicted octanol–water partition coefficient (Wildman–Crippen LogP) is 1.91. The molecule has 62 heavy (non-hydrogen) atoms. The normalized spacial score (nSPS) is 35.0. The zero-order valence-electron chi connectivity index (χ0n) is 38.1. The second kappa shape index (κ2) is 23.6. The highest BCUT2D eigenvalue weighted by molar-refractivity contribution is 5.82. The molecular formula is C44H77N3O15. The van der Waals surface area contributed by atoms with E-state index in [0.717, 1.165) is 32.1 Å². The number of nitrogens with one attached hydrogen (secondary N) is 3. The summed E-state index contributed by atoms with van der Waals surface area (Å²) in [4.78, 5) is 52.4. The molecule has 0 aromatic rings. The number of aliphatic hydroxyl groups is 4. The zero-order chi connectivity index (χ0) is 45.9. The number of carbonyl (C=O) groups is 4. The first-order valence-corrected chi connectivity index (χ1v) is 22.8. The summed E-state index contributed by atoms with van der Waals surface area (Å²) in [5, 5.41) is 62.0. The van der Waals surface area contributed by atoms with E-state index in [1.165, 1.54) is 13.8 Å². The molecule has 358 valence electrons. The molecule has 2 aliphatic carbocycles. The topological polar surface area (TPSA) is 261 Å². The molecule has 18 nitrogen and oxygen atoms in total. The van der Waals surface area contributed by atoms with Crippen molar-refractivity contribution in [1.82, 2.24) is 16.0 Å². The lowest BCUT2D eigenvalue weighted by atomic mass is 9.75. The second-order valence-electron chi connectivity index (χ2n) is 19.1. The summed E-state index contributed by atoms with van der Waals surface area (Å²) in [6.07, 6.45) is -6.79. The third-order valence-corrected chi connectivity index (χ3v) is 13.2. The van der Waals surface area contributed by atoms with Crippen LogP contribution in [0.3, 0.4) is 0 Å². The minimum absolute atomic E-state index is 0.0603. The van der Waals surface area contributed by atoms with E-state index in [2.05, 4.69) is 16.0 Å². The zero-order valence-corrected chi connectivity index (χ0v) is 38.1. The fourth-order valence-electron chi connectivity index (χ4n) is 9.06. The van der Waals surface area contributed by atoms with Crippen molar-refractivity contribution in [2.75, 3.05) is 26.3 Å². The Labute approximate surface area is 366 Å². The number of rotatable bonds is 20. The van der Waals surface area contributed by atoms with Crippen molar-refractivity contribution in [3.05, 3.63) is 0 Å². The Morgan fingerprint density at radius 3 is 2.15 bits per heavy atom. The summed E-state index contributed by atoms with van der Waals surface area (Å²) in [5.41, 5.74) is -0.985. The smallest absolute Gasteiger partial charge is 0.332 e. The van der Waals surface area contributed by atoms with E-state index in [0.29, 0.717) is 32.3 Å². The lowest BCUT2D eigenvalue weighted by Crippen LogP contribution is -2.64. The molecule has 2 saturated carbocycles. The van der Waals surface area contributed by atoms with Gasteiger partial charge in [-0.15, -0.1) is 0 Å². The van der Waals surface area contributed by atoms with Crippen LogP contribution in [0.25, 0.3) is 0 Å². The average Bonchev–Trinajstić information content (AvgIpc) is 3.22. The number of amides is 3. The molecule has 0 bridgehead atoms. The molecule has 4 fully saturated rings. The van der Waals surface area contributed by atoms with Crippen molar-refractivity contribution >= 4 is 23.7 Å². The molecule has 0 radical (unpaired) electrons. The van der Waals surface area contributed by atoms with Gasteiger partial charge in [-0.25, -0.2) is 4.79 Å². The molecule has 8 N–H and O–H groups in total. The number of carbonyl (C=O) groups excluding carboxylic acids is 3. The van der Waals surface area contributed by atoms with Crippen LogP contribution < -0.4 is 16.0 Å². The minimum atomic E-state index is -1.63. The number of aliphatic hydroxyl groups excluding tert-OH is 4. The maximum absolute atomic E-state index is 13.9. The molecule has 3 amide bonds. The van der Waals surface area contributed by atoms with Gasteiger partial charge in [-0.05, 0) is 71.6 Å². The van der Waals surface area contributed by atoms with E-state index in [4.69, 9.17) is 28.4 Å². The van der Waals surface area contributed by atoms with E-state index in [-0.39, 0.29) is 61.8 Å². The highest BCUT2D eigenvalue weighted by atomic mass is 16.7. The monoisotopic (exact) mass is 888 g/mol. The Kier molecular flexibility index (Phi) is 19.8. The third kappa shape index (κ3) is 14.5. The van der Waals surface area contributed by atoms with Gasteiger partial charge in [0.1, 0.15) is 36.6 Å². The fourth-order valence-corrected chi connectivity index (χ4v) is 9.06. The first-order valence-electron chi connectivity index (χ1n) is 22.8. The number of hydrogen-bond donors (Lipinski definition) is 8. The molecule has 2 heterocycles. The van der Waals surface area contributed by atoms with Crippen LogP contribution in [-0.4, -0.2) is 155 Å². The number of carboxylic acid groups (broad SMARTS) is 1. The summed E-state index contributed by atoms with van der Waals surface area (Å²) in [7, 11) is 0. The summed E-state index contributed by atoms with van der Waals surface area (Å²) < 4.78 is 36.9. The van der Waals surface area contributed by atoms with Crippen LogP contribution in [0.4, 0.5) is 0 Å².